The molecule has 3 heterocycles. The predicted octanol–water partition coefficient (Wildman–Crippen LogP) is -0.864. The third-order valence-electron chi connectivity index (χ3n) is 3.55. The molecule has 0 aliphatic carbocycles. The van der Waals surface area contributed by atoms with E-state index in [-0.39, 0.29) is 18.3 Å². The van der Waals surface area contributed by atoms with E-state index in [2.05, 4.69) is 15.1 Å². The molecule has 0 unspecified atom stereocenters. The topological polar surface area (TPSA) is 119 Å². The van der Waals surface area contributed by atoms with Crippen molar-refractivity contribution in [3.05, 3.63) is 18.2 Å². The molecule has 2 aromatic heterocycles. The molecule has 19 heavy (non-hydrogen) atoms. The second kappa shape index (κ2) is 4.41. The smallest absolute Gasteiger partial charge is 0.196 e. The summed E-state index contributed by atoms with van der Waals surface area (Å²) in [5.41, 5.74) is 6.86. The van der Waals surface area contributed by atoms with Gasteiger partial charge in [-0.2, -0.15) is 5.10 Å². The molecule has 1 aliphatic rings. The van der Waals surface area contributed by atoms with Crippen molar-refractivity contribution in [1.82, 2.24) is 19.6 Å². The van der Waals surface area contributed by atoms with Crippen molar-refractivity contribution in [2.75, 3.05) is 12.3 Å². The van der Waals surface area contributed by atoms with E-state index < -0.39 is 18.3 Å². The maximum atomic E-state index is 9.98. The molecule has 1 fully saturated rings. The zero-order chi connectivity index (χ0) is 13.6. The van der Waals surface area contributed by atoms with Crippen LogP contribution in [0.25, 0.3) is 5.65 Å². The Morgan fingerprint density at radius 1 is 1.47 bits per heavy atom. The molecule has 1 aliphatic heterocycles. The van der Waals surface area contributed by atoms with Crippen molar-refractivity contribution in [2.45, 2.75) is 25.2 Å². The average molecular weight is 265 g/mol. The van der Waals surface area contributed by atoms with Gasteiger partial charge >= 0.3 is 0 Å². The van der Waals surface area contributed by atoms with Crippen LogP contribution in [0.2, 0.25) is 0 Å². The van der Waals surface area contributed by atoms with E-state index in [9.17, 15) is 10.2 Å². The number of hydrogen-bond donors (Lipinski definition) is 3. The largest absolute Gasteiger partial charge is 0.394 e. The fourth-order valence-electron chi connectivity index (χ4n) is 2.45. The number of fused-ring (bicyclic) bond motifs is 1. The lowest BCUT2D eigenvalue weighted by Crippen LogP contribution is -2.27. The van der Waals surface area contributed by atoms with Crippen LogP contribution in [0, 0.1) is 5.92 Å². The molecule has 8 nitrogen and oxygen atoms in total. The Hall–Kier alpha value is -1.77. The second-order valence-electron chi connectivity index (χ2n) is 4.69. The number of nitrogens with zero attached hydrogens (tertiary/aromatic N) is 4. The van der Waals surface area contributed by atoms with Crippen LogP contribution in [0.5, 0.6) is 0 Å². The third kappa shape index (κ3) is 1.76. The highest BCUT2D eigenvalue weighted by Crippen LogP contribution is 2.38. The van der Waals surface area contributed by atoms with Crippen LogP contribution in [0.1, 0.15) is 18.7 Å². The van der Waals surface area contributed by atoms with E-state index in [1.165, 1.54) is 6.33 Å². The zero-order valence-electron chi connectivity index (χ0n) is 10.3. The summed E-state index contributed by atoms with van der Waals surface area (Å²) in [6, 6.07) is 0. The van der Waals surface area contributed by atoms with E-state index in [0.29, 0.717) is 11.3 Å². The quantitative estimate of drug-likeness (QED) is 0.646. The fraction of sp³-hybridized carbons (Fsp3) is 0.545. The lowest BCUT2D eigenvalue weighted by molar-refractivity contribution is -0.0240. The van der Waals surface area contributed by atoms with Gasteiger partial charge in [-0.15, -0.1) is 0 Å². The van der Waals surface area contributed by atoms with Gasteiger partial charge in [0, 0.05) is 5.92 Å². The van der Waals surface area contributed by atoms with Crippen molar-refractivity contribution in [2.24, 2.45) is 5.92 Å². The molecule has 0 spiro atoms. The molecule has 1 saturated heterocycles. The summed E-state index contributed by atoms with van der Waals surface area (Å²) in [5, 5.41) is 23.3. The number of ether oxygens (including phenoxy) is 1. The number of hydrogen-bond acceptors (Lipinski definition) is 7. The van der Waals surface area contributed by atoms with Crippen LogP contribution in [0.4, 0.5) is 5.82 Å². The molecule has 0 saturated carbocycles. The second-order valence-corrected chi connectivity index (χ2v) is 4.69. The molecule has 0 aromatic carbocycles. The highest BCUT2D eigenvalue weighted by molar-refractivity contribution is 5.58. The first-order valence-electron chi connectivity index (χ1n) is 6.02. The van der Waals surface area contributed by atoms with Crippen LogP contribution in [0.15, 0.2) is 12.5 Å². The molecule has 102 valence electrons. The van der Waals surface area contributed by atoms with Gasteiger partial charge in [-0.3, -0.25) is 0 Å². The van der Waals surface area contributed by atoms with Gasteiger partial charge in [-0.25, -0.2) is 14.5 Å². The van der Waals surface area contributed by atoms with E-state index in [4.69, 9.17) is 10.5 Å². The van der Waals surface area contributed by atoms with Crippen LogP contribution in [-0.2, 0) is 4.74 Å². The summed E-state index contributed by atoms with van der Waals surface area (Å²) >= 11 is 0. The molecule has 3 rings (SSSR count). The van der Waals surface area contributed by atoms with Crippen molar-refractivity contribution < 1.29 is 14.9 Å². The number of rotatable bonds is 2. The van der Waals surface area contributed by atoms with Crippen molar-refractivity contribution in [3.63, 3.8) is 0 Å². The molecule has 0 amide bonds. The highest BCUT2D eigenvalue weighted by Gasteiger charge is 2.42. The van der Waals surface area contributed by atoms with Crippen LogP contribution in [0.3, 0.4) is 0 Å². The summed E-state index contributed by atoms with van der Waals surface area (Å²) in [6.45, 7) is 1.63. The molecular formula is C11H15N5O3. The first kappa shape index (κ1) is 12.3. The van der Waals surface area contributed by atoms with E-state index >= 15 is 0 Å². The van der Waals surface area contributed by atoms with Crippen molar-refractivity contribution >= 4 is 11.5 Å². The Morgan fingerprint density at radius 2 is 2.26 bits per heavy atom. The minimum Gasteiger partial charge on any atom is -0.394 e. The molecule has 2 aromatic rings. The lowest BCUT2D eigenvalue weighted by atomic mass is 9.97. The Bertz CT molecular complexity index is 601. The minimum atomic E-state index is -0.722. The minimum absolute atomic E-state index is 0.173. The normalized spacial score (nSPS) is 31.1. The van der Waals surface area contributed by atoms with E-state index in [1.807, 2.05) is 6.92 Å². The zero-order valence-corrected chi connectivity index (χ0v) is 10.3. The van der Waals surface area contributed by atoms with Gasteiger partial charge in [0.2, 0.25) is 0 Å². The van der Waals surface area contributed by atoms with Crippen LogP contribution >= 0.6 is 0 Å². The monoisotopic (exact) mass is 265 g/mol. The third-order valence-corrected chi connectivity index (χ3v) is 3.55. The standard InChI is InChI=1S/C11H15N5O3/c1-5-8(18)7(3-17)19-9(5)6-2-13-11-10(12)14-4-15-16(6)11/h2,4-5,7-9,17-18H,3H2,1H3,(H2,12,14,15)/t5-,7+,8-,9+/m0/s1. The van der Waals surface area contributed by atoms with Crippen LogP contribution < -0.4 is 5.73 Å². The van der Waals surface area contributed by atoms with Gasteiger partial charge in [-0.05, 0) is 0 Å². The van der Waals surface area contributed by atoms with Gasteiger partial charge in [0.1, 0.15) is 18.5 Å². The molecule has 0 radical (unpaired) electrons. The first-order valence-corrected chi connectivity index (χ1v) is 6.02. The van der Waals surface area contributed by atoms with Gasteiger partial charge in [-0.1, -0.05) is 6.92 Å². The van der Waals surface area contributed by atoms with Gasteiger partial charge in [0.05, 0.1) is 24.6 Å². The molecule has 0 bridgehead atoms. The number of nitrogens with two attached hydrogens (primary N) is 1. The number of imidazole rings is 1. The first-order chi connectivity index (χ1) is 9.13. The van der Waals surface area contributed by atoms with Gasteiger partial charge < -0.3 is 20.7 Å². The molecule has 4 N–H and O–H groups in total. The number of aromatic nitrogens is 4. The summed E-state index contributed by atoms with van der Waals surface area (Å²) in [4.78, 5) is 8.03. The van der Waals surface area contributed by atoms with Gasteiger partial charge in [0.15, 0.2) is 11.5 Å². The number of anilines is 1. The molecular weight excluding hydrogens is 250 g/mol. The average Bonchev–Trinajstić information content (AvgIpc) is 2.94. The number of nitrogen functional groups attached to an aromatic ring is 1. The fourth-order valence-corrected chi connectivity index (χ4v) is 2.45. The Labute approximate surface area is 108 Å². The summed E-state index contributed by atoms with van der Waals surface area (Å²) in [6.07, 6.45) is 1.24. The van der Waals surface area contributed by atoms with Gasteiger partial charge in [0.25, 0.3) is 0 Å². The Morgan fingerprint density at radius 3 is 2.95 bits per heavy atom. The SMILES string of the molecule is C[C@H]1[C@H](O)[C@@H](CO)O[C@H]1c1cnc2c(N)ncnn12. The highest BCUT2D eigenvalue weighted by atomic mass is 16.5. The molecule has 8 heteroatoms. The Kier molecular flexibility index (Phi) is 2.85. The van der Waals surface area contributed by atoms with Crippen molar-refractivity contribution in [3.8, 4) is 0 Å². The van der Waals surface area contributed by atoms with E-state index in [1.54, 1.807) is 10.7 Å². The summed E-state index contributed by atoms with van der Waals surface area (Å²) in [7, 11) is 0. The Balaban J connectivity index is 2.04. The molecule has 4 atom stereocenters. The lowest BCUT2D eigenvalue weighted by Gasteiger charge is -2.14. The number of aliphatic hydroxyl groups excluding tert-OH is 2. The number of aliphatic hydroxyl groups is 2. The van der Waals surface area contributed by atoms with E-state index in [0.717, 1.165) is 0 Å². The maximum Gasteiger partial charge on any atom is 0.196 e. The summed E-state index contributed by atoms with van der Waals surface area (Å²) < 4.78 is 7.22. The summed E-state index contributed by atoms with van der Waals surface area (Å²) in [5.74, 6) is 0.111. The maximum absolute atomic E-state index is 9.98. The predicted molar refractivity (Wildman–Crippen MR) is 65.1 cm³/mol. The van der Waals surface area contributed by atoms with Crippen molar-refractivity contribution in [1.29, 1.82) is 0 Å². The van der Waals surface area contributed by atoms with Crippen LogP contribution in [-0.4, -0.2) is 48.6 Å².